The van der Waals surface area contributed by atoms with Crippen molar-refractivity contribution >= 4 is 27.9 Å². The first-order valence-corrected chi connectivity index (χ1v) is 10.4. The highest BCUT2D eigenvalue weighted by atomic mass is 32.2. The number of aromatic nitrogens is 1. The molecule has 0 spiro atoms. The first-order valence-electron chi connectivity index (χ1n) is 8.54. The molecule has 0 bridgehead atoms. The van der Waals surface area contributed by atoms with Crippen LogP contribution in [-0.4, -0.2) is 26.4 Å². The largest absolute Gasteiger partial charge is 0.497 e. The van der Waals surface area contributed by atoms with E-state index in [0.29, 0.717) is 24.2 Å². The Morgan fingerprint density at radius 3 is 2.52 bits per heavy atom. The summed E-state index contributed by atoms with van der Waals surface area (Å²) in [4.78, 5) is 0. The molecule has 140 valence electrons. The molecular weight excluding hydrogens is 362 g/mol. The van der Waals surface area contributed by atoms with E-state index in [1.54, 1.807) is 19.2 Å². The molecule has 0 fully saturated rings. The lowest BCUT2D eigenvalue weighted by molar-refractivity contribution is 0.312. The molecule has 1 aromatic carbocycles. The number of nitrogens with one attached hydrogen (secondary N) is 1. The molecule has 1 aliphatic rings. The summed E-state index contributed by atoms with van der Waals surface area (Å²) in [6, 6.07) is 9.38. The Morgan fingerprint density at radius 1 is 1.26 bits per heavy atom. The van der Waals surface area contributed by atoms with Gasteiger partial charge < -0.3 is 9.30 Å². The van der Waals surface area contributed by atoms with Crippen molar-refractivity contribution in [1.82, 2.24) is 4.57 Å². The van der Waals surface area contributed by atoms with Gasteiger partial charge in [0.25, 0.3) is 0 Å². The normalized spacial score (nSPS) is 13.3. The van der Waals surface area contributed by atoms with Gasteiger partial charge in [-0.05, 0) is 37.1 Å². The molecule has 3 rings (SSSR count). The van der Waals surface area contributed by atoms with Gasteiger partial charge in [-0.1, -0.05) is 18.2 Å². The Hall–Kier alpha value is -2.98. The molecule has 0 aliphatic heterocycles. The third-order valence-corrected chi connectivity index (χ3v) is 4.99. The molecule has 0 unspecified atom stereocenters. The maximum atomic E-state index is 11.4. The number of fused-ring (bicyclic) bond motifs is 1. The zero-order chi connectivity index (χ0) is 19.6. The molecule has 0 atom stereocenters. The zero-order valence-corrected chi connectivity index (χ0v) is 16.3. The summed E-state index contributed by atoms with van der Waals surface area (Å²) in [5, 5.41) is 11.7. The Bertz CT molecular complexity index is 1170. The van der Waals surface area contributed by atoms with Gasteiger partial charge in [0.2, 0.25) is 10.0 Å². The highest BCUT2D eigenvalue weighted by Gasteiger charge is 2.17. The third kappa shape index (κ3) is 3.76. The van der Waals surface area contributed by atoms with Crippen LogP contribution in [-0.2, 0) is 21.3 Å². The van der Waals surface area contributed by atoms with Crippen molar-refractivity contribution in [3.8, 4) is 17.3 Å². The lowest BCUT2D eigenvalue weighted by Crippen LogP contribution is -2.29. The quantitative estimate of drug-likeness (QED) is 0.855. The first-order chi connectivity index (χ1) is 12.9. The average molecular weight is 383 g/mol. The molecule has 1 heterocycles. The summed E-state index contributed by atoms with van der Waals surface area (Å²) in [7, 11) is -1.70. The number of allylic oxidation sites excluding steroid dienone is 2. The molecule has 0 saturated heterocycles. The van der Waals surface area contributed by atoms with Gasteiger partial charge in [-0.2, -0.15) is 5.26 Å². The van der Waals surface area contributed by atoms with Crippen LogP contribution in [0.4, 0.5) is 5.69 Å². The van der Waals surface area contributed by atoms with Crippen LogP contribution < -0.4 is 15.3 Å². The van der Waals surface area contributed by atoms with Crippen LogP contribution >= 0.6 is 0 Å². The first kappa shape index (κ1) is 18.8. The molecule has 7 heteroatoms. The van der Waals surface area contributed by atoms with E-state index in [1.807, 2.05) is 37.3 Å². The van der Waals surface area contributed by atoms with Crippen molar-refractivity contribution in [2.24, 2.45) is 0 Å². The van der Waals surface area contributed by atoms with Gasteiger partial charge in [0.05, 0.1) is 30.0 Å². The van der Waals surface area contributed by atoms with Crippen LogP contribution in [0.25, 0.3) is 23.4 Å². The minimum atomic E-state index is -3.33. The average Bonchev–Trinajstić information content (AvgIpc) is 2.77. The number of nitriles is 1. The molecule has 0 radical (unpaired) electrons. The fraction of sp³-hybridized carbons (Fsp3) is 0.250. The predicted molar refractivity (Wildman–Crippen MR) is 107 cm³/mol. The lowest BCUT2D eigenvalue weighted by Gasteiger charge is -2.10. The van der Waals surface area contributed by atoms with Crippen molar-refractivity contribution in [3.05, 3.63) is 52.2 Å². The second-order valence-electron chi connectivity index (χ2n) is 6.22. The summed E-state index contributed by atoms with van der Waals surface area (Å²) >= 11 is 0. The number of anilines is 1. The van der Waals surface area contributed by atoms with E-state index in [9.17, 15) is 13.7 Å². The van der Waals surface area contributed by atoms with Gasteiger partial charge in [0.1, 0.15) is 11.8 Å². The van der Waals surface area contributed by atoms with Gasteiger partial charge in [0, 0.05) is 23.5 Å². The van der Waals surface area contributed by atoms with E-state index in [4.69, 9.17) is 4.74 Å². The third-order valence-electron chi connectivity index (χ3n) is 4.39. The number of hydrogen-bond acceptors (Lipinski definition) is 4. The van der Waals surface area contributed by atoms with E-state index in [0.717, 1.165) is 33.8 Å². The Kier molecular flexibility index (Phi) is 5.10. The number of methoxy groups -OCH3 is 1. The standard InChI is InChI=1S/C20H21N3O3S/c1-4-23-19-12-16(26-2)6-5-7-17(19)18(13-21)20(23)14-8-10-15(11-9-14)22-27(3,24)25/h6-12,22H,4-5H2,1-3H3. The number of nitrogens with zero attached hydrogens (tertiary/aromatic N) is 2. The fourth-order valence-corrected chi connectivity index (χ4v) is 3.86. The topological polar surface area (TPSA) is 84.1 Å². The van der Waals surface area contributed by atoms with Crippen LogP contribution in [0.3, 0.4) is 0 Å². The SMILES string of the molecule is CCn1c(-c2ccc(NS(C)(=O)=O)cc2)c(C#N)c2c1=CC(OC)=CCC=2. The summed E-state index contributed by atoms with van der Waals surface area (Å²) in [5.74, 6) is 0.765. The summed E-state index contributed by atoms with van der Waals surface area (Å²) < 4.78 is 32.7. The van der Waals surface area contributed by atoms with Crippen molar-refractivity contribution in [3.63, 3.8) is 0 Å². The predicted octanol–water partition coefficient (Wildman–Crippen LogP) is 1.91. The number of hydrogen-bond donors (Lipinski definition) is 1. The van der Waals surface area contributed by atoms with Crippen molar-refractivity contribution in [2.45, 2.75) is 19.9 Å². The summed E-state index contributed by atoms with van der Waals surface area (Å²) in [5.41, 5.74) is 2.77. The highest BCUT2D eigenvalue weighted by Crippen LogP contribution is 2.24. The number of rotatable bonds is 5. The van der Waals surface area contributed by atoms with Crippen molar-refractivity contribution < 1.29 is 13.2 Å². The Labute approximate surface area is 158 Å². The molecule has 2 aromatic rings. The minimum Gasteiger partial charge on any atom is -0.497 e. The van der Waals surface area contributed by atoms with E-state index in [1.165, 1.54) is 0 Å². The Balaban J connectivity index is 2.22. The zero-order valence-electron chi connectivity index (χ0n) is 15.5. The van der Waals surface area contributed by atoms with Crippen molar-refractivity contribution in [1.29, 1.82) is 5.26 Å². The number of sulfonamides is 1. The molecule has 1 aromatic heterocycles. The van der Waals surface area contributed by atoms with Crippen LogP contribution in [0.5, 0.6) is 0 Å². The molecule has 1 aliphatic carbocycles. The summed E-state index contributed by atoms with van der Waals surface area (Å²) in [6.45, 7) is 2.71. The maximum Gasteiger partial charge on any atom is 0.229 e. The smallest absolute Gasteiger partial charge is 0.229 e. The van der Waals surface area contributed by atoms with E-state index < -0.39 is 10.0 Å². The van der Waals surface area contributed by atoms with Crippen molar-refractivity contribution in [2.75, 3.05) is 18.1 Å². The van der Waals surface area contributed by atoms with Crippen LogP contribution in [0.2, 0.25) is 0 Å². The van der Waals surface area contributed by atoms with Gasteiger partial charge in [-0.25, -0.2) is 8.42 Å². The molecule has 6 nitrogen and oxygen atoms in total. The number of ether oxygens (including phenoxy) is 1. The molecule has 0 amide bonds. The molecular formula is C20H21N3O3S. The van der Waals surface area contributed by atoms with E-state index >= 15 is 0 Å². The van der Waals surface area contributed by atoms with E-state index in [2.05, 4.69) is 15.4 Å². The maximum absolute atomic E-state index is 11.4. The van der Waals surface area contributed by atoms with Crippen LogP contribution in [0.15, 0.2) is 36.1 Å². The van der Waals surface area contributed by atoms with Gasteiger partial charge >= 0.3 is 0 Å². The van der Waals surface area contributed by atoms with Crippen LogP contribution in [0, 0.1) is 11.3 Å². The van der Waals surface area contributed by atoms with Gasteiger partial charge in [-0.3, -0.25) is 4.72 Å². The second kappa shape index (κ2) is 7.33. The number of benzene rings is 1. The van der Waals surface area contributed by atoms with Crippen LogP contribution in [0.1, 0.15) is 18.9 Å². The van der Waals surface area contributed by atoms with Gasteiger partial charge in [0.15, 0.2) is 0 Å². The minimum absolute atomic E-state index is 0.485. The monoisotopic (exact) mass is 383 g/mol. The lowest BCUT2D eigenvalue weighted by atomic mass is 10.1. The molecule has 1 N–H and O–H groups in total. The highest BCUT2D eigenvalue weighted by molar-refractivity contribution is 7.92. The fourth-order valence-electron chi connectivity index (χ4n) is 3.30. The van der Waals surface area contributed by atoms with Gasteiger partial charge in [-0.15, -0.1) is 0 Å². The summed E-state index contributed by atoms with van der Waals surface area (Å²) in [6.07, 6.45) is 7.76. The molecule has 0 saturated carbocycles. The second-order valence-corrected chi connectivity index (χ2v) is 7.97. The Morgan fingerprint density at radius 2 is 1.96 bits per heavy atom. The molecule has 27 heavy (non-hydrogen) atoms. The van der Waals surface area contributed by atoms with E-state index in [-0.39, 0.29) is 0 Å².